The minimum absolute atomic E-state index is 0.190. The molecule has 2 aromatic carbocycles. The summed E-state index contributed by atoms with van der Waals surface area (Å²) in [7, 11) is 0. The highest BCUT2D eigenvalue weighted by molar-refractivity contribution is 6.33. The topological polar surface area (TPSA) is 93.5 Å². The number of carbonyl (C=O) groups is 2. The number of oxazole rings is 1. The van der Waals surface area contributed by atoms with Gasteiger partial charge in [0, 0.05) is 23.6 Å². The number of fused-ring (bicyclic) bond motifs is 1. The molecule has 0 saturated heterocycles. The van der Waals surface area contributed by atoms with Gasteiger partial charge in [-0.2, -0.15) is 0 Å². The number of hydrogen-bond acceptors (Lipinski definition) is 5. The van der Waals surface area contributed by atoms with Gasteiger partial charge in [0.15, 0.2) is 5.58 Å². The summed E-state index contributed by atoms with van der Waals surface area (Å²) < 4.78 is 10.6. The Balaban J connectivity index is 1.53. The molecule has 2 amide bonds. The van der Waals surface area contributed by atoms with Crippen LogP contribution in [0.3, 0.4) is 0 Å². The van der Waals surface area contributed by atoms with Gasteiger partial charge in [-0.25, -0.2) is 9.78 Å². The first kappa shape index (κ1) is 22.9. The number of esters is 1. The Morgan fingerprint density at radius 1 is 1.10 bits per heavy atom. The van der Waals surface area contributed by atoms with E-state index in [2.05, 4.69) is 15.6 Å². The van der Waals surface area contributed by atoms with Crippen LogP contribution < -0.4 is 10.6 Å². The predicted molar refractivity (Wildman–Crippen MR) is 122 cm³/mol. The second-order valence-corrected chi connectivity index (χ2v) is 7.67. The van der Waals surface area contributed by atoms with Crippen LogP contribution in [0.15, 0.2) is 40.8 Å². The fourth-order valence-corrected chi connectivity index (χ4v) is 3.28. The van der Waals surface area contributed by atoms with Gasteiger partial charge in [-0.15, -0.1) is 0 Å². The number of amides is 2. The number of urea groups is 1. The van der Waals surface area contributed by atoms with Crippen molar-refractivity contribution in [3.8, 4) is 11.5 Å². The summed E-state index contributed by atoms with van der Waals surface area (Å²) in [6.07, 6.45) is 2.69. The number of nitrogens with zero attached hydrogens (tertiary/aromatic N) is 1. The molecule has 2 N–H and O–H groups in total. The van der Waals surface area contributed by atoms with E-state index in [9.17, 15) is 9.59 Å². The number of hydrogen-bond donors (Lipinski definition) is 2. The van der Waals surface area contributed by atoms with Crippen LogP contribution >= 0.6 is 23.2 Å². The van der Waals surface area contributed by atoms with Gasteiger partial charge in [-0.1, -0.05) is 29.6 Å². The first-order chi connectivity index (χ1) is 15.0. The number of halogens is 2. The molecule has 0 bridgehead atoms. The van der Waals surface area contributed by atoms with Crippen LogP contribution in [-0.2, 0) is 9.53 Å². The van der Waals surface area contributed by atoms with E-state index in [1.165, 1.54) is 0 Å². The van der Waals surface area contributed by atoms with E-state index >= 15 is 0 Å². The molecular weight excluding hydrogens is 441 g/mol. The van der Waals surface area contributed by atoms with E-state index in [0.29, 0.717) is 57.9 Å². The summed E-state index contributed by atoms with van der Waals surface area (Å²) in [6.45, 7) is 2.66. The van der Waals surface area contributed by atoms with E-state index in [0.717, 1.165) is 19.3 Å². The summed E-state index contributed by atoms with van der Waals surface area (Å²) in [5.74, 6) is 0.212. The Hall–Kier alpha value is -2.77. The maximum Gasteiger partial charge on any atom is 0.319 e. The number of carbonyl (C=O) groups excluding carboxylic acids is 2. The van der Waals surface area contributed by atoms with Crippen molar-refractivity contribution in [3.63, 3.8) is 0 Å². The zero-order valence-electron chi connectivity index (χ0n) is 17.0. The molecule has 0 saturated carbocycles. The van der Waals surface area contributed by atoms with Crippen molar-refractivity contribution < 1.29 is 18.7 Å². The molecular formula is C22H23Cl2N3O4. The second-order valence-electron chi connectivity index (χ2n) is 6.82. The van der Waals surface area contributed by atoms with Crippen molar-refractivity contribution in [1.29, 1.82) is 0 Å². The summed E-state index contributed by atoms with van der Waals surface area (Å²) in [6, 6.07) is 9.98. The number of aromatic nitrogens is 1. The first-order valence-corrected chi connectivity index (χ1v) is 10.8. The predicted octanol–water partition coefficient (Wildman–Crippen LogP) is 6.05. The molecule has 1 heterocycles. The molecule has 0 radical (unpaired) electrons. The Labute approximate surface area is 190 Å². The number of ether oxygens (including phenoxy) is 1. The molecule has 0 unspecified atom stereocenters. The van der Waals surface area contributed by atoms with Crippen molar-refractivity contribution >= 4 is 52.0 Å². The number of rotatable bonds is 9. The molecule has 164 valence electrons. The number of anilines is 1. The van der Waals surface area contributed by atoms with Crippen LogP contribution in [0.1, 0.15) is 32.6 Å². The standard InChI is InChI=1S/C22H23Cl2N3O4/c1-2-30-20(28)6-4-3-5-11-25-22(29)27-17-12-14(7-9-16(17)24)21-26-18-13-15(23)8-10-19(18)31-21/h7-10,12-13H,2-6,11H2,1H3,(H2,25,27,29). The molecule has 7 nitrogen and oxygen atoms in total. The van der Waals surface area contributed by atoms with Crippen molar-refractivity contribution in [1.82, 2.24) is 10.3 Å². The molecule has 9 heteroatoms. The molecule has 0 atom stereocenters. The lowest BCUT2D eigenvalue weighted by molar-refractivity contribution is -0.143. The van der Waals surface area contributed by atoms with Crippen LogP contribution in [0.25, 0.3) is 22.6 Å². The third-order valence-corrected chi connectivity index (χ3v) is 5.02. The minimum atomic E-state index is -0.367. The minimum Gasteiger partial charge on any atom is -0.466 e. The van der Waals surface area contributed by atoms with Crippen molar-refractivity contribution in [2.45, 2.75) is 32.6 Å². The quantitative estimate of drug-likeness (QED) is 0.297. The smallest absolute Gasteiger partial charge is 0.319 e. The van der Waals surface area contributed by atoms with Gasteiger partial charge in [0.2, 0.25) is 5.89 Å². The molecule has 31 heavy (non-hydrogen) atoms. The lowest BCUT2D eigenvalue weighted by Crippen LogP contribution is -2.29. The van der Waals surface area contributed by atoms with Crippen LogP contribution in [0.4, 0.5) is 10.5 Å². The van der Waals surface area contributed by atoms with Crippen LogP contribution in [0.2, 0.25) is 10.0 Å². The molecule has 0 fully saturated rings. The molecule has 1 aromatic heterocycles. The fourth-order valence-electron chi connectivity index (χ4n) is 2.95. The normalized spacial score (nSPS) is 10.8. The molecule has 0 spiro atoms. The van der Waals surface area contributed by atoms with Crippen LogP contribution in [0, 0.1) is 0 Å². The highest BCUT2D eigenvalue weighted by Crippen LogP contribution is 2.31. The Morgan fingerprint density at radius 3 is 2.74 bits per heavy atom. The molecule has 0 aliphatic rings. The molecule has 0 aliphatic carbocycles. The Kier molecular flexibility index (Phi) is 8.14. The Bertz CT molecular complexity index is 1070. The van der Waals surface area contributed by atoms with Gasteiger partial charge in [0.1, 0.15) is 5.52 Å². The zero-order chi connectivity index (χ0) is 22.2. The Morgan fingerprint density at radius 2 is 1.94 bits per heavy atom. The first-order valence-electron chi connectivity index (χ1n) is 10.0. The summed E-state index contributed by atoms with van der Waals surface area (Å²) >= 11 is 12.2. The third kappa shape index (κ3) is 6.60. The second kappa shape index (κ2) is 11.0. The average Bonchev–Trinajstić information content (AvgIpc) is 3.15. The number of unbranched alkanes of at least 4 members (excludes halogenated alkanes) is 2. The maximum absolute atomic E-state index is 12.2. The van der Waals surface area contributed by atoms with Crippen LogP contribution in [0.5, 0.6) is 0 Å². The SMILES string of the molecule is CCOC(=O)CCCCCNC(=O)Nc1cc(-c2nc3cc(Cl)ccc3o2)ccc1Cl. The van der Waals surface area contributed by atoms with Gasteiger partial charge >= 0.3 is 12.0 Å². The van der Waals surface area contributed by atoms with Crippen molar-refractivity contribution in [3.05, 3.63) is 46.4 Å². The summed E-state index contributed by atoms with van der Waals surface area (Å²) in [5.41, 5.74) is 2.38. The van der Waals surface area contributed by atoms with Gasteiger partial charge in [-0.05, 0) is 56.2 Å². The van der Waals surface area contributed by atoms with E-state index in [-0.39, 0.29) is 12.0 Å². The molecule has 3 rings (SSSR count). The lowest BCUT2D eigenvalue weighted by atomic mass is 10.2. The number of nitrogens with one attached hydrogen (secondary N) is 2. The van der Waals surface area contributed by atoms with E-state index in [1.54, 1.807) is 43.3 Å². The summed E-state index contributed by atoms with van der Waals surface area (Å²) in [4.78, 5) is 27.9. The van der Waals surface area contributed by atoms with E-state index < -0.39 is 0 Å². The zero-order valence-corrected chi connectivity index (χ0v) is 18.6. The van der Waals surface area contributed by atoms with Gasteiger partial charge in [0.05, 0.1) is 17.3 Å². The van der Waals surface area contributed by atoms with Gasteiger partial charge < -0.3 is 19.8 Å². The van der Waals surface area contributed by atoms with E-state index in [1.807, 2.05) is 0 Å². The monoisotopic (exact) mass is 463 g/mol. The largest absolute Gasteiger partial charge is 0.466 e. The number of benzene rings is 2. The lowest BCUT2D eigenvalue weighted by Gasteiger charge is -2.10. The van der Waals surface area contributed by atoms with Crippen LogP contribution in [-0.4, -0.2) is 30.1 Å². The average molecular weight is 464 g/mol. The van der Waals surface area contributed by atoms with Crippen molar-refractivity contribution in [2.24, 2.45) is 0 Å². The maximum atomic E-state index is 12.2. The van der Waals surface area contributed by atoms with Gasteiger partial charge in [-0.3, -0.25) is 4.79 Å². The molecule has 0 aliphatic heterocycles. The highest BCUT2D eigenvalue weighted by Gasteiger charge is 2.12. The molecule has 3 aromatic rings. The van der Waals surface area contributed by atoms with E-state index in [4.69, 9.17) is 32.4 Å². The van der Waals surface area contributed by atoms with Crippen molar-refractivity contribution in [2.75, 3.05) is 18.5 Å². The third-order valence-electron chi connectivity index (χ3n) is 4.46. The fraction of sp³-hybridized carbons (Fsp3) is 0.318. The summed E-state index contributed by atoms with van der Waals surface area (Å²) in [5, 5.41) is 6.49. The van der Waals surface area contributed by atoms with Gasteiger partial charge in [0.25, 0.3) is 0 Å². The highest BCUT2D eigenvalue weighted by atomic mass is 35.5.